The van der Waals surface area contributed by atoms with Crippen LogP contribution in [0.25, 0.3) is 0 Å². The van der Waals surface area contributed by atoms with E-state index in [9.17, 15) is 4.79 Å². The van der Waals surface area contributed by atoms with Crippen molar-refractivity contribution in [3.8, 4) is 0 Å². The number of carbonyl (C=O) groups excluding carboxylic acids is 1. The second-order valence-electron chi connectivity index (χ2n) is 5.60. The summed E-state index contributed by atoms with van der Waals surface area (Å²) in [5.41, 5.74) is 2.67. The molecule has 2 aliphatic rings. The molecule has 2 aliphatic heterocycles. The van der Waals surface area contributed by atoms with Crippen LogP contribution in [0.3, 0.4) is 0 Å². The Hall–Kier alpha value is -0.830. The first-order valence-corrected chi connectivity index (χ1v) is 6.82. The molecule has 1 amide bonds. The minimum Gasteiger partial charge on any atom is -0.315 e. The smallest absolute Gasteiger partial charge is 0.240 e. The largest absolute Gasteiger partial charge is 0.315 e. The minimum atomic E-state index is 0.299. The molecule has 2 heterocycles. The Balaban J connectivity index is 1.99. The highest BCUT2D eigenvalue weighted by Crippen LogP contribution is 2.28. The van der Waals surface area contributed by atoms with Crippen molar-refractivity contribution in [2.45, 2.75) is 40.0 Å². The standard InChI is InChI=1S/C14H24N2O/c1-11(2)14-12(3)6-9-16(14)13(17)10-15-7-4-5-8-15/h11H,4-10H2,1-3H3. The molecule has 1 saturated heterocycles. The van der Waals surface area contributed by atoms with E-state index in [1.165, 1.54) is 24.1 Å². The van der Waals surface area contributed by atoms with Crippen LogP contribution in [0.4, 0.5) is 0 Å². The number of hydrogen-bond acceptors (Lipinski definition) is 2. The van der Waals surface area contributed by atoms with Crippen molar-refractivity contribution in [3.05, 3.63) is 11.3 Å². The predicted octanol–water partition coefficient (Wildman–Crippen LogP) is 2.24. The number of allylic oxidation sites excluding steroid dienone is 1. The van der Waals surface area contributed by atoms with Crippen LogP contribution >= 0.6 is 0 Å². The molecule has 1 fully saturated rings. The number of amides is 1. The summed E-state index contributed by atoms with van der Waals surface area (Å²) in [4.78, 5) is 16.6. The van der Waals surface area contributed by atoms with E-state index in [0.717, 1.165) is 26.1 Å². The monoisotopic (exact) mass is 236 g/mol. The lowest BCUT2D eigenvalue weighted by atomic mass is 10.1. The molecule has 2 rings (SSSR count). The SMILES string of the molecule is CC1=C(C(C)C)N(C(=O)CN2CCCC2)CC1. The summed E-state index contributed by atoms with van der Waals surface area (Å²) in [7, 11) is 0. The van der Waals surface area contributed by atoms with E-state index in [2.05, 4.69) is 25.7 Å². The van der Waals surface area contributed by atoms with Crippen LogP contribution in [0.15, 0.2) is 11.3 Å². The van der Waals surface area contributed by atoms with Gasteiger partial charge in [0.15, 0.2) is 0 Å². The third-order valence-corrected chi connectivity index (χ3v) is 3.84. The highest BCUT2D eigenvalue weighted by Gasteiger charge is 2.28. The fourth-order valence-corrected chi connectivity index (χ4v) is 3.04. The molecular weight excluding hydrogens is 212 g/mol. The first kappa shape index (κ1) is 12.6. The molecule has 0 aromatic rings. The summed E-state index contributed by atoms with van der Waals surface area (Å²) in [5, 5.41) is 0. The van der Waals surface area contributed by atoms with Gasteiger partial charge in [0.2, 0.25) is 5.91 Å². The van der Waals surface area contributed by atoms with Crippen molar-refractivity contribution in [2.75, 3.05) is 26.2 Å². The van der Waals surface area contributed by atoms with E-state index < -0.39 is 0 Å². The maximum Gasteiger partial charge on any atom is 0.240 e. The zero-order valence-electron chi connectivity index (χ0n) is 11.3. The Bertz CT molecular complexity index is 327. The van der Waals surface area contributed by atoms with Crippen LogP contribution in [0.5, 0.6) is 0 Å². The van der Waals surface area contributed by atoms with Gasteiger partial charge in [0.25, 0.3) is 0 Å². The molecule has 0 aliphatic carbocycles. The van der Waals surface area contributed by atoms with Crippen LogP contribution in [-0.4, -0.2) is 41.9 Å². The fraction of sp³-hybridized carbons (Fsp3) is 0.786. The Kier molecular flexibility index (Phi) is 3.87. The normalized spacial score (nSPS) is 22.0. The molecule has 0 aromatic carbocycles. The Labute approximate surface area is 104 Å². The van der Waals surface area contributed by atoms with E-state index in [1.54, 1.807) is 0 Å². The average molecular weight is 236 g/mol. The summed E-state index contributed by atoms with van der Waals surface area (Å²) in [6.45, 7) is 10.2. The zero-order valence-corrected chi connectivity index (χ0v) is 11.3. The van der Waals surface area contributed by atoms with E-state index in [1.807, 2.05) is 4.90 Å². The van der Waals surface area contributed by atoms with E-state index >= 15 is 0 Å². The van der Waals surface area contributed by atoms with Gasteiger partial charge < -0.3 is 4.90 Å². The second-order valence-corrected chi connectivity index (χ2v) is 5.60. The summed E-state index contributed by atoms with van der Waals surface area (Å²) in [6.07, 6.45) is 3.55. The van der Waals surface area contributed by atoms with Gasteiger partial charge in [-0.25, -0.2) is 0 Å². The van der Waals surface area contributed by atoms with Gasteiger partial charge in [0.1, 0.15) is 0 Å². The first-order valence-electron chi connectivity index (χ1n) is 6.82. The van der Waals surface area contributed by atoms with Gasteiger partial charge in [-0.1, -0.05) is 19.4 Å². The third-order valence-electron chi connectivity index (χ3n) is 3.84. The molecule has 3 heteroatoms. The molecule has 3 nitrogen and oxygen atoms in total. The van der Waals surface area contributed by atoms with Crippen LogP contribution < -0.4 is 0 Å². The molecular formula is C14H24N2O. The van der Waals surface area contributed by atoms with Crippen molar-refractivity contribution in [3.63, 3.8) is 0 Å². The quantitative estimate of drug-likeness (QED) is 0.750. The fourth-order valence-electron chi connectivity index (χ4n) is 3.04. The lowest BCUT2D eigenvalue weighted by molar-refractivity contribution is -0.130. The first-order chi connectivity index (χ1) is 8.09. The van der Waals surface area contributed by atoms with Gasteiger partial charge in [-0.2, -0.15) is 0 Å². The van der Waals surface area contributed by atoms with Crippen molar-refractivity contribution in [2.24, 2.45) is 5.92 Å². The zero-order chi connectivity index (χ0) is 12.4. The topological polar surface area (TPSA) is 23.6 Å². The Morgan fingerprint density at radius 2 is 1.88 bits per heavy atom. The van der Waals surface area contributed by atoms with Crippen LogP contribution in [0.1, 0.15) is 40.0 Å². The van der Waals surface area contributed by atoms with E-state index in [4.69, 9.17) is 0 Å². The Morgan fingerprint density at radius 3 is 2.47 bits per heavy atom. The van der Waals surface area contributed by atoms with Gasteiger partial charge in [-0.05, 0) is 45.2 Å². The van der Waals surface area contributed by atoms with Crippen molar-refractivity contribution >= 4 is 5.91 Å². The van der Waals surface area contributed by atoms with Crippen LogP contribution in [0, 0.1) is 5.92 Å². The summed E-state index contributed by atoms with van der Waals surface area (Å²) < 4.78 is 0. The van der Waals surface area contributed by atoms with Crippen molar-refractivity contribution in [1.82, 2.24) is 9.80 Å². The number of rotatable bonds is 3. The van der Waals surface area contributed by atoms with Crippen molar-refractivity contribution in [1.29, 1.82) is 0 Å². The minimum absolute atomic E-state index is 0.299. The number of carbonyl (C=O) groups is 1. The summed E-state index contributed by atoms with van der Waals surface area (Å²) >= 11 is 0. The highest BCUT2D eigenvalue weighted by molar-refractivity contribution is 5.80. The van der Waals surface area contributed by atoms with Gasteiger partial charge in [0.05, 0.1) is 6.54 Å². The molecule has 0 saturated carbocycles. The lowest BCUT2D eigenvalue weighted by Crippen LogP contribution is -2.38. The molecule has 0 bridgehead atoms. The number of likely N-dealkylation sites (tertiary alicyclic amines) is 1. The summed E-state index contributed by atoms with van der Waals surface area (Å²) in [5.74, 6) is 0.757. The van der Waals surface area contributed by atoms with Crippen molar-refractivity contribution < 1.29 is 4.79 Å². The maximum atomic E-state index is 12.3. The summed E-state index contributed by atoms with van der Waals surface area (Å²) in [6, 6.07) is 0. The van der Waals surface area contributed by atoms with E-state index in [0.29, 0.717) is 18.4 Å². The average Bonchev–Trinajstić information content (AvgIpc) is 2.86. The molecule has 17 heavy (non-hydrogen) atoms. The molecule has 0 radical (unpaired) electrons. The van der Waals surface area contributed by atoms with Gasteiger partial charge in [0, 0.05) is 12.2 Å². The number of hydrogen-bond donors (Lipinski definition) is 0. The molecule has 0 N–H and O–H groups in total. The van der Waals surface area contributed by atoms with Crippen LogP contribution in [0.2, 0.25) is 0 Å². The van der Waals surface area contributed by atoms with Crippen LogP contribution in [-0.2, 0) is 4.79 Å². The molecule has 0 spiro atoms. The predicted molar refractivity (Wildman–Crippen MR) is 69.5 cm³/mol. The third kappa shape index (κ3) is 2.71. The molecule has 0 aromatic heterocycles. The lowest BCUT2D eigenvalue weighted by Gasteiger charge is -2.25. The maximum absolute atomic E-state index is 12.3. The number of nitrogens with zero attached hydrogens (tertiary/aromatic N) is 2. The molecule has 96 valence electrons. The molecule has 0 atom stereocenters. The van der Waals surface area contributed by atoms with Gasteiger partial charge in [-0.3, -0.25) is 9.69 Å². The van der Waals surface area contributed by atoms with Gasteiger partial charge >= 0.3 is 0 Å². The molecule has 0 unspecified atom stereocenters. The second kappa shape index (κ2) is 5.21. The van der Waals surface area contributed by atoms with E-state index in [-0.39, 0.29) is 0 Å². The van der Waals surface area contributed by atoms with Gasteiger partial charge in [-0.15, -0.1) is 0 Å². The highest BCUT2D eigenvalue weighted by atomic mass is 16.2. The Morgan fingerprint density at radius 1 is 1.24 bits per heavy atom.